The molecule has 0 atom stereocenters. The molecule has 0 rings (SSSR count). The Labute approximate surface area is 87.2 Å². The highest BCUT2D eigenvalue weighted by molar-refractivity contribution is 5.76. The van der Waals surface area contributed by atoms with Crippen molar-refractivity contribution in [1.82, 2.24) is 10.2 Å². The van der Waals surface area contributed by atoms with Crippen LogP contribution in [0, 0.1) is 0 Å². The van der Waals surface area contributed by atoms with Crippen molar-refractivity contribution < 1.29 is 4.79 Å². The highest BCUT2D eigenvalue weighted by Gasteiger charge is 2.02. The van der Waals surface area contributed by atoms with Gasteiger partial charge in [-0.1, -0.05) is 19.4 Å². The van der Waals surface area contributed by atoms with Crippen molar-refractivity contribution in [2.24, 2.45) is 0 Å². The van der Waals surface area contributed by atoms with Crippen LogP contribution in [0.5, 0.6) is 0 Å². The van der Waals surface area contributed by atoms with Crippen LogP contribution >= 0.6 is 0 Å². The van der Waals surface area contributed by atoms with Gasteiger partial charge in [0.25, 0.3) is 0 Å². The number of carbonyl (C=O) groups is 1. The third-order valence-corrected chi connectivity index (χ3v) is 2.06. The van der Waals surface area contributed by atoms with E-state index in [1.165, 1.54) is 12.8 Å². The molecule has 0 saturated heterocycles. The van der Waals surface area contributed by atoms with E-state index in [4.69, 9.17) is 0 Å². The lowest BCUT2D eigenvalue weighted by Crippen LogP contribution is -2.29. The summed E-state index contributed by atoms with van der Waals surface area (Å²) in [6, 6.07) is 0. The zero-order chi connectivity index (χ0) is 10.8. The van der Waals surface area contributed by atoms with Gasteiger partial charge in [0.05, 0.1) is 0 Å². The van der Waals surface area contributed by atoms with E-state index in [2.05, 4.69) is 30.8 Å². The van der Waals surface area contributed by atoms with Crippen LogP contribution < -0.4 is 5.32 Å². The zero-order valence-electron chi connectivity index (χ0n) is 9.38. The Morgan fingerprint density at radius 1 is 1.50 bits per heavy atom. The van der Waals surface area contributed by atoms with E-state index in [0.717, 1.165) is 13.1 Å². The Kier molecular flexibility index (Phi) is 8.24. The third kappa shape index (κ3) is 7.80. The molecule has 0 bridgehead atoms. The Morgan fingerprint density at radius 3 is 2.79 bits per heavy atom. The van der Waals surface area contributed by atoms with Gasteiger partial charge in [-0.2, -0.15) is 0 Å². The predicted molar refractivity (Wildman–Crippen MR) is 60.2 cm³/mol. The summed E-state index contributed by atoms with van der Waals surface area (Å²) < 4.78 is 0. The lowest BCUT2D eigenvalue weighted by molar-refractivity contribution is -0.121. The number of unbranched alkanes of at least 4 members (excludes halogenated alkanes) is 1. The molecule has 0 aromatic rings. The van der Waals surface area contributed by atoms with Gasteiger partial charge in [-0.15, -0.1) is 6.58 Å². The molecule has 0 aliphatic rings. The maximum Gasteiger partial charge on any atom is 0.221 e. The van der Waals surface area contributed by atoms with Crippen molar-refractivity contribution in [1.29, 1.82) is 0 Å². The Balaban J connectivity index is 3.40. The van der Waals surface area contributed by atoms with E-state index in [9.17, 15) is 4.79 Å². The Bertz CT molecular complexity index is 169. The molecule has 1 N–H and O–H groups in total. The summed E-state index contributed by atoms with van der Waals surface area (Å²) in [6.45, 7) is 8.19. The molecule has 0 aliphatic carbocycles. The molecule has 0 heterocycles. The van der Waals surface area contributed by atoms with Crippen molar-refractivity contribution in [2.45, 2.75) is 26.2 Å². The first-order valence-electron chi connectivity index (χ1n) is 5.26. The average Bonchev–Trinajstić information content (AvgIpc) is 2.20. The molecule has 0 fully saturated rings. The molecule has 0 aromatic heterocycles. The lowest BCUT2D eigenvalue weighted by atomic mass is 10.3. The minimum absolute atomic E-state index is 0.105. The minimum Gasteiger partial charge on any atom is -0.353 e. The smallest absolute Gasteiger partial charge is 0.221 e. The highest BCUT2D eigenvalue weighted by atomic mass is 16.1. The normalized spacial score (nSPS) is 10.2. The van der Waals surface area contributed by atoms with Gasteiger partial charge in [-0.05, 0) is 20.0 Å². The van der Waals surface area contributed by atoms with Crippen molar-refractivity contribution in [2.75, 3.05) is 26.7 Å². The second kappa shape index (κ2) is 8.75. The molecule has 82 valence electrons. The maximum absolute atomic E-state index is 11.2. The van der Waals surface area contributed by atoms with Crippen LogP contribution in [0.2, 0.25) is 0 Å². The SMILES string of the molecule is C=CCNC(=O)CCN(C)CCCC. The summed E-state index contributed by atoms with van der Waals surface area (Å²) in [5, 5.41) is 2.76. The van der Waals surface area contributed by atoms with Crippen molar-refractivity contribution >= 4 is 5.91 Å². The fraction of sp³-hybridized carbons (Fsp3) is 0.727. The summed E-state index contributed by atoms with van der Waals surface area (Å²) in [4.78, 5) is 13.4. The van der Waals surface area contributed by atoms with Gasteiger partial charge in [0.15, 0.2) is 0 Å². The second-order valence-electron chi connectivity index (χ2n) is 3.50. The van der Waals surface area contributed by atoms with Crippen LogP contribution in [-0.4, -0.2) is 37.5 Å². The molecule has 3 heteroatoms. The molecule has 3 nitrogen and oxygen atoms in total. The molecule has 0 aromatic carbocycles. The van der Waals surface area contributed by atoms with Gasteiger partial charge in [-0.25, -0.2) is 0 Å². The standard InChI is InChI=1S/C11H22N2O/c1-4-6-9-13(3)10-7-11(14)12-8-5-2/h5H,2,4,6-10H2,1,3H3,(H,12,14). The van der Waals surface area contributed by atoms with Gasteiger partial charge >= 0.3 is 0 Å². The molecule has 0 radical (unpaired) electrons. The fourth-order valence-corrected chi connectivity index (χ4v) is 1.11. The van der Waals surface area contributed by atoms with Crippen LogP contribution in [0.15, 0.2) is 12.7 Å². The summed E-state index contributed by atoms with van der Waals surface area (Å²) in [5.74, 6) is 0.105. The molecule has 0 aliphatic heterocycles. The van der Waals surface area contributed by atoms with Crippen LogP contribution in [0.4, 0.5) is 0 Å². The largest absolute Gasteiger partial charge is 0.353 e. The number of hydrogen-bond donors (Lipinski definition) is 1. The fourth-order valence-electron chi connectivity index (χ4n) is 1.11. The highest BCUT2D eigenvalue weighted by Crippen LogP contribution is 1.93. The third-order valence-electron chi connectivity index (χ3n) is 2.06. The van der Waals surface area contributed by atoms with Crippen molar-refractivity contribution in [3.8, 4) is 0 Å². The van der Waals surface area contributed by atoms with Crippen LogP contribution in [-0.2, 0) is 4.79 Å². The summed E-state index contributed by atoms with van der Waals surface area (Å²) in [6.07, 6.45) is 4.67. The van der Waals surface area contributed by atoms with E-state index in [1.807, 2.05) is 0 Å². The lowest BCUT2D eigenvalue weighted by Gasteiger charge is -2.15. The topological polar surface area (TPSA) is 32.3 Å². The van der Waals surface area contributed by atoms with Crippen LogP contribution in [0.25, 0.3) is 0 Å². The van der Waals surface area contributed by atoms with Gasteiger partial charge in [0.2, 0.25) is 5.91 Å². The number of nitrogens with one attached hydrogen (secondary N) is 1. The Morgan fingerprint density at radius 2 is 2.21 bits per heavy atom. The molecule has 1 amide bonds. The van der Waals surface area contributed by atoms with Crippen molar-refractivity contribution in [3.05, 3.63) is 12.7 Å². The first-order chi connectivity index (χ1) is 6.70. The quantitative estimate of drug-likeness (QED) is 0.598. The van der Waals surface area contributed by atoms with E-state index in [1.54, 1.807) is 6.08 Å². The van der Waals surface area contributed by atoms with Gasteiger partial charge in [0.1, 0.15) is 0 Å². The van der Waals surface area contributed by atoms with Gasteiger partial charge < -0.3 is 10.2 Å². The van der Waals surface area contributed by atoms with E-state index < -0.39 is 0 Å². The summed E-state index contributed by atoms with van der Waals surface area (Å²) in [5.41, 5.74) is 0. The number of amides is 1. The van der Waals surface area contributed by atoms with E-state index in [0.29, 0.717) is 13.0 Å². The van der Waals surface area contributed by atoms with E-state index in [-0.39, 0.29) is 5.91 Å². The van der Waals surface area contributed by atoms with Crippen LogP contribution in [0.3, 0.4) is 0 Å². The van der Waals surface area contributed by atoms with E-state index >= 15 is 0 Å². The average molecular weight is 198 g/mol. The van der Waals surface area contributed by atoms with Crippen LogP contribution in [0.1, 0.15) is 26.2 Å². The Hall–Kier alpha value is -0.830. The maximum atomic E-state index is 11.2. The zero-order valence-corrected chi connectivity index (χ0v) is 9.38. The second-order valence-corrected chi connectivity index (χ2v) is 3.50. The predicted octanol–water partition coefficient (Wildman–Crippen LogP) is 1.41. The molecule has 0 saturated carbocycles. The first kappa shape index (κ1) is 13.2. The first-order valence-corrected chi connectivity index (χ1v) is 5.26. The number of carbonyl (C=O) groups excluding carboxylic acids is 1. The molecular weight excluding hydrogens is 176 g/mol. The van der Waals surface area contributed by atoms with Crippen molar-refractivity contribution in [3.63, 3.8) is 0 Å². The molecule has 14 heavy (non-hydrogen) atoms. The van der Waals surface area contributed by atoms with Gasteiger partial charge in [0, 0.05) is 19.5 Å². The molecule has 0 unspecified atom stereocenters. The number of rotatable bonds is 8. The summed E-state index contributed by atoms with van der Waals surface area (Å²) >= 11 is 0. The monoisotopic (exact) mass is 198 g/mol. The summed E-state index contributed by atoms with van der Waals surface area (Å²) in [7, 11) is 2.05. The molecule has 0 spiro atoms. The number of nitrogens with zero attached hydrogens (tertiary/aromatic N) is 1. The minimum atomic E-state index is 0.105. The van der Waals surface area contributed by atoms with Gasteiger partial charge in [-0.3, -0.25) is 4.79 Å². The number of hydrogen-bond acceptors (Lipinski definition) is 2. The molecular formula is C11H22N2O.